The molecule has 9 heteroatoms. The molecular formula is C19H16F2N2O3S2. The third-order valence-corrected chi connectivity index (χ3v) is 5.25. The summed E-state index contributed by atoms with van der Waals surface area (Å²) in [6, 6.07) is 11.9. The van der Waals surface area contributed by atoms with Crippen molar-refractivity contribution in [1.82, 2.24) is 4.98 Å². The van der Waals surface area contributed by atoms with Crippen molar-refractivity contribution in [2.75, 3.05) is 18.7 Å². The number of carbonyl (C=O) groups is 1. The van der Waals surface area contributed by atoms with Crippen LogP contribution in [0.2, 0.25) is 0 Å². The SMILES string of the molecule is COc1cc(C(=O)Nc2nc(-c3ccc(SC)cc3)cs2)ccc1OC(F)F. The smallest absolute Gasteiger partial charge is 0.387 e. The molecular weight excluding hydrogens is 406 g/mol. The molecule has 0 saturated heterocycles. The second kappa shape index (κ2) is 9.03. The van der Waals surface area contributed by atoms with Crippen molar-refractivity contribution in [2.45, 2.75) is 11.5 Å². The normalized spacial score (nSPS) is 10.8. The molecule has 1 amide bonds. The summed E-state index contributed by atoms with van der Waals surface area (Å²) in [4.78, 5) is 18.0. The maximum absolute atomic E-state index is 12.5. The lowest BCUT2D eigenvalue weighted by molar-refractivity contribution is -0.0512. The highest BCUT2D eigenvalue weighted by Gasteiger charge is 2.15. The van der Waals surface area contributed by atoms with Gasteiger partial charge in [0.15, 0.2) is 16.6 Å². The maximum atomic E-state index is 12.5. The number of methoxy groups -OCH3 is 1. The Morgan fingerprint density at radius 3 is 2.57 bits per heavy atom. The fourth-order valence-corrected chi connectivity index (χ4v) is 3.52. The van der Waals surface area contributed by atoms with Crippen LogP contribution in [-0.2, 0) is 0 Å². The quantitative estimate of drug-likeness (QED) is 0.517. The lowest BCUT2D eigenvalue weighted by atomic mass is 10.2. The molecule has 0 unspecified atom stereocenters. The summed E-state index contributed by atoms with van der Waals surface area (Å²) >= 11 is 2.95. The summed E-state index contributed by atoms with van der Waals surface area (Å²) in [7, 11) is 1.31. The fraction of sp³-hybridized carbons (Fsp3) is 0.158. The van der Waals surface area contributed by atoms with E-state index in [9.17, 15) is 13.6 Å². The van der Waals surface area contributed by atoms with Crippen LogP contribution in [0.1, 0.15) is 10.4 Å². The van der Waals surface area contributed by atoms with E-state index in [0.29, 0.717) is 5.13 Å². The maximum Gasteiger partial charge on any atom is 0.387 e. The molecule has 0 aliphatic rings. The molecule has 0 aliphatic carbocycles. The van der Waals surface area contributed by atoms with E-state index in [1.54, 1.807) is 11.8 Å². The number of ether oxygens (including phenoxy) is 2. The number of hydrogen-bond acceptors (Lipinski definition) is 6. The molecule has 1 aromatic heterocycles. The van der Waals surface area contributed by atoms with Gasteiger partial charge in [0, 0.05) is 21.4 Å². The van der Waals surface area contributed by atoms with Crippen molar-refractivity contribution < 1.29 is 23.0 Å². The average molecular weight is 422 g/mol. The second-order valence-corrected chi connectivity index (χ2v) is 7.20. The minimum absolute atomic E-state index is 0.0432. The van der Waals surface area contributed by atoms with Crippen LogP contribution in [0.3, 0.4) is 0 Å². The number of thiazole rings is 1. The third kappa shape index (κ3) is 4.79. The first-order valence-electron chi connectivity index (χ1n) is 8.04. The number of carbonyl (C=O) groups excluding carboxylic acids is 1. The highest BCUT2D eigenvalue weighted by molar-refractivity contribution is 7.98. The van der Waals surface area contributed by atoms with Crippen LogP contribution < -0.4 is 14.8 Å². The number of nitrogens with one attached hydrogen (secondary N) is 1. The summed E-state index contributed by atoms with van der Waals surface area (Å²) < 4.78 is 34.2. The van der Waals surface area contributed by atoms with E-state index in [2.05, 4.69) is 15.0 Å². The van der Waals surface area contributed by atoms with Gasteiger partial charge in [-0.05, 0) is 36.6 Å². The van der Waals surface area contributed by atoms with Crippen molar-refractivity contribution in [3.8, 4) is 22.8 Å². The van der Waals surface area contributed by atoms with Gasteiger partial charge in [-0.15, -0.1) is 23.1 Å². The Balaban J connectivity index is 1.73. The molecule has 3 aromatic rings. The molecule has 5 nitrogen and oxygen atoms in total. The first-order chi connectivity index (χ1) is 13.5. The Hall–Kier alpha value is -2.65. The Labute approximate surface area is 168 Å². The molecule has 3 rings (SSSR count). The molecule has 0 spiro atoms. The predicted molar refractivity (Wildman–Crippen MR) is 107 cm³/mol. The van der Waals surface area contributed by atoms with Gasteiger partial charge >= 0.3 is 6.61 Å². The van der Waals surface area contributed by atoms with E-state index >= 15 is 0 Å². The van der Waals surface area contributed by atoms with Gasteiger partial charge in [0.05, 0.1) is 12.8 Å². The van der Waals surface area contributed by atoms with Crippen LogP contribution >= 0.6 is 23.1 Å². The highest BCUT2D eigenvalue weighted by atomic mass is 32.2. The van der Waals surface area contributed by atoms with E-state index in [-0.39, 0.29) is 17.1 Å². The third-order valence-electron chi connectivity index (χ3n) is 3.75. The van der Waals surface area contributed by atoms with Crippen LogP contribution in [0.25, 0.3) is 11.3 Å². The van der Waals surface area contributed by atoms with E-state index in [0.717, 1.165) is 16.2 Å². The molecule has 2 aromatic carbocycles. The molecule has 0 atom stereocenters. The van der Waals surface area contributed by atoms with Crippen molar-refractivity contribution in [3.63, 3.8) is 0 Å². The number of hydrogen-bond donors (Lipinski definition) is 1. The fourth-order valence-electron chi connectivity index (χ4n) is 2.40. The second-order valence-electron chi connectivity index (χ2n) is 5.46. The molecule has 28 heavy (non-hydrogen) atoms. The lowest BCUT2D eigenvalue weighted by Crippen LogP contribution is -2.12. The molecule has 0 fully saturated rings. The summed E-state index contributed by atoms with van der Waals surface area (Å²) in [5, 5.41) is 4.98. The van der Waals surface area contributed by atoms with E-state index < -0.39 is 12.5 Å². The van der Waals surface area contributed by atoms with Gasteiger partial charge in [-0.1, -0.05) is 12.1 Å². The van der Waals surface area contributed by atoms with Crippen LogP contribution in [0.5, 0.6) is 11.5 Å². The van der Waals surface area contributed by atoms with Gasteiger partial charge in [-0.25, -0.2) is 4.98 Å². The molecule has 1 heterocycles. The number of nitrogens with zero attached hydrogens (tertiary/aromatic N) is 1. The zero-order valence-electron chi connectivity index (χ0n) is 14.9. The van der Waals surface area contributed by atoms with Gasteiger partial charge in [0.25, 0.3) is 5.91 Å². The van der Waals surface area contributed by atoms with Crippen LogP contribution in [-0.4, -0.2) is 30.9 Å². The monoisotopic (exact) mass is 422 g/mol. The zero-order chi connectivity index (χ0) is 20.1. The van der Waals surface area contributed by atoms with E-state index in [1.807, 2.05) is 35.9 Å². The lowest BCUT2D eigenvalue weighted by Gasteiger charge is -2.11. The molecule has 0 saturated carbocycles. The summed E-state index contributed by atoms with van der Waals surface area (Å²) in [5.41, 5.74) is 1.94. The number of thioether (sulfide) groups is 1. The predicted octanol–water partition coefficient (Wildman–Crippen LogP) is 5.39. The molecule has 0 radical (unpaired) electrons. The van der Waals surface area contributed by atoms with Gasteiger partial charge in [0.1, 0.15) is 0 Å². The Morgan fingerprint density at radius 1 is 1.18 bits per heavy atom. The minimum Gasteiger partial charge on any atom is -0.493 e. The standard InChI is InChI=1S/C19H16F2N2O3S2/c1-25-16-9-12(5-8-15(16)26-18(20)21)17(24)23-19-22-14(10-28-19)11-3-6-13(27-2)7-4-11/h3-10,18H,1-2H3,(H,22,23,24). The summed E-state index contributed by atoms with van der Waals surface area (Å²) in [6.07, 6.45) is 2.01. The van der Waals surface area contributed by atoms with Crippen molar-refractivity contribution in [1.29, 1.82) is 0 Å². The first-order valence-corrected chi connectivity index (χ1v) is 10.1. The van der Waals surface area contributed by atoms with Crippen LogP contribution in [0.15, 0.2) is 52.7 Å². The molecule has 1 N–H and O–H groups in total. The number of amides is 1. The minimum atomic E-state index is -2.98. The average Bonchev–Trinajstić information content (AvgIpc) is 3.16. The number of anilines is 1. The molecule has 146 valence electrons. The largest absolute Gasteiger partial charge is 0.493 e. The first kappa shape index (κ1) is 20.1. The van der Waals surface area contributed by atoms with Crippen molar-refractivity contribution in [3.05, 3.63) is 53.4 Å². The number of rotatable bonds is 7. The highest BCUT2D eigenvalue weighted by Crippen LogP contribution is 2.30. The number of halogens is 2. The van der Waals surface area contributed by atoms with Crippen LogP contribution in [0.4, 0.5) is 13.9 Å². The zero-order valence-corrected chi connectivity index (χ0v) is 16.6. The molecule has 0 bridgehead atoms. The number of aromatic nitrogens is 1. The summed E-state index contributed by atoms with van der Waals surface area (Å²) in [6.45, 7) is -2.98. The number of benzene rings is 2. The van der Waals surface area contributed by atoms with Gasteiger partial charge in [-0.2, -0.15) is 8.78 Å². The summed E-state index contributed by atoms with van der Waals surface area (Å²) in [5.74, 6) is -0.526. The van der Waals surface area contributed by atoms with Gasteiger partial charge < -0.3 is 9.47 Å². The number of alkyl halides is 2. The topological polar surface area (TPSA) is 60.5 Å². The van der Waals surface area contributed by atoms with E-state index in [4.69, 9.17) is 4.74 Å². The Morgan fingerprint density at radius 2 is 1.93 bits per heavy atom. The molecule has 0 aliphatic heterocycles. The Bertz CT molecular complexity index is 962. The Kier molecular flexibility index (Phi) is 6.48. The van der Waals surface area contributed by atoms with Crippen LogP contribution in [0, 0.1) is 0 Å². The van der Waals surface area contributed by atoms with E-state index in [1.165, 1.54) is 36.6 Å². The van der Waals surface area contributed by atoms with Crippen molar-refractivity contribution >= 4 is 34.1 Å². The van der Waals surface area contributed by atoms with Gasteiger partial charge in [-0.3, -0.25) is 10.1 Å². The van der Waals surface area contributed by atoms with Crippen molar-refractivity contribution in [2.24, 2.45) is 0 Å². The van der Waals surface area contributed by atoms with Gasteiger partial charge in [0.2, 0.25) is 0 Å².